The van der Waals surface area contributed by atoms with E-state index in [1.807, 2.05) is 24.3 Å². The van der Waals surface area contributed by atoms with Crippen LogP contribution in [0, 0.1) is 0 Å². The molecule has 0 saturated heterocycles. The normalized spacial score (nSPS) is 17.2. The van der Waals surface area contributed by atoms with Gasteiger partial charge in [-0.15, -0.1) is 24.0 Å². The lowest BCUT2D eigenvalue weighted by molar-refractivity contribution is -0.123. The third kappa shape index (κ3) is 9.23. The summed E-state index contributed by atoms with van der Waals surface area (Å²) in [4.78, 5) is 16.4. The Hall–Kier alpha value is -1.51. The third-order valence-electron chi connectivity index (χ3n) is 5.20. The highest BCUT2D eigenvalue weighted by molar-refractivity contribution is 14.0. The zero-order valence-corrected chi connectivity index (χ0v) is 19.7. The molecule has 2 fully saturated rings. The van der Waals surface area contributed by atoms with Crippen LogP contribution in [0.15, 0.2) is 29.3 Å². The number of hydrogen-bond donors (Lipinski definition) is 3. The predicted molar refractivity (Wildman–Crippen MR) is 128 cm³/mol. The molecule has 1 amide bonds. The highest BCUT2D eigenvalue weighted by atomic mass is 127. The van der Waals surface area contributed by atoms with Crippen LogP contribution in [0.5, 0.6) is 5.75 Å². The number of guanidine groups is 1. The van der Waals surface area contributed by atoms with E-state index in [9.17, 15) is 4.79 Å². The van der Waals surface area contributed by atoms with E-state index < -0.39 is 0 Å². The van der Waals surface area contributed by atoms with Crippen LogP contribution in [0.3, 0.4) is 0 Å². The minimum atomic E-state index is -0.0395. The first-order valence-electron chi connectivity index (χ1n) is 10.8. The van der Waals surface area contributed by atoms with Crippen LogP contribution >= 0.6 is 24.0 Å². The Bertz CT molecular complexity index is 641. The molecule has 0 heterocycles. The average Bonchev–Trinajstić information content (AvgIpc) is 3.52. The molecule has 7 heteroatoms. The molecule has 1 aromatic carbocycles. The van der Waals surface area contributed by atoms with Crippen molar-refractivity contribution in [3.05, 3.63) is 29.8 Å². The lowest BCUT2D eigenvalue weighted by atomic mass is 9.96. The van der Waals surface area contributed by atoms with Crippen molar-refractivity contribution >= 4 is 35.8 Å². The van der Waals surface area contributed by atoms with Gasteiger partial charge in [0.15, 0.2) is 12.6 Å². The van der Waals surface area contributed by atoms with E-state index in [4.69, 9.17) is 9.73 Å². The molecule has 2 aliphatic rings. The van der Waals surface area contributed by atoms with Crippen molar-refractivity contribution in [1.82, 2.24) is 16.0 Å². The number of nitrogens with zero attached hydrogens (tertiary/aromatic N) is 1. The maximum atomic E-state index is 11.7. The number of benzene rings is 1. The number of aliphatic imine (C=N–C) groups is 1. The zero-order chi connectivity index (χ0) is 19.6. The Morgan fingerprint density at radius 2 is 1.72 bits per heavy atom. The average molecular weight is 514 g/mol. The molecule has 1 aromatic rings. The Balaban J connectivity index is 0.00000300. The number of nitrogens with one attached hydrogen (secondary N) is 3. The highest BCUT2D eigenvalue weighted by Crippen LogP contribution is 2.19. The first kappa shape index (κ1) is 23.8. The van der Waals surface area contributed by atoms with E-state index in [2.05, 4.69) is 22.9 Å². The van der Waals surface area contributed by atoms with Gasteiger partial charge in [0.1, 0.15) is 5.75 Å². The van der Waals surface area contributed by atoms with E-state index in [-0.39, 0.29) is 36.5 Å². The van der Waals surface area contributed by atoms with Crippen molar-refractivity contribution in [3.63, 3.8) is 0 Å². The van der Waals surface area contributed by atoms with Gasteiger partial charge < -0.3 is 20.7 Å². The fraction of sp³-hybridized carbons (Fsp3) is 0.636. The summed E-state index contributed by atoms with van der Waals surface area (Å²) in [6.07, 6.45) is 9.53. The molecular formula is C22H35IN4O2. The van der Waals surface area contributed by atoms with Crippen LogP contribution in [0.1, 0.15) is 57.4 Å². The molecule has 2 aliphatic carbocycles. The van der Waals surface area contributed by atoms with Crippen LogP contribution in [0.25, 0.3) is 0 Å². The van der Waals surface area contributed by atoms with Crippen LogP contribution in [-0.2, 0) is 11.2 Å². The molecule has 29 heavy (non-hydrogen) atoms. The second kappa shape index (κ2) is 12.9. The number of ether oxygens (including phenoxy) is 1. The smallest absolute Gasteiger partial charge is 0.258 e. The van der Waals surface area contributed by atoms with E-state index in [1.54, 1.807) is 0 Å². The summed E-state index contributed by atoms with van der Waals surface area (Å²) in [7, 11) is 0. The highest BCUT2D eigenvalue weighted by Gasteiger charge is 2.23. The zero-order valence-electron chi connectivity index (χ0n) is 17.4. The maximum absolute atomic E-state index is 11.7. The molecular weight excluding hydrogens is 479 g/mol. The minimum Gasteiger partial charge on any atom is -0.484 e. The van der Waals surface area contributed by atoms with Gasteiger partial charge in [0.2, 0.25) is 0 Å². The molecule has 0 bridgehead atoms. The minimum absolute atomic E-state index is 0. The third-order valence-corrected chi connectivity index (χ3v) is 5.20. The van der Waals surface area contributed by atoms with Crippen molar-refractivity contribution in [3.8, 4) is 5.75 Å². The topological polar surface area (TPSA) is 74.8 Å². The summed E-state index contributed by atoms with van der Waals surface area (Å²) in [6, 6.07) is 8.87. The van der Waals surface area contributed by atoms with E-state index >= 15 is 0 Å². The van der Waals surface area contributed by atoms with Gasteiger partial charge in [0.25, 0.3) is 5.91 Å². The summed E-state index contributed by atoms with van der Waals surface area (Å²) in [6.45, 7) is 3.80. The summed E-state index contributed by atoms with van der Waals surface area (Å²) >= 11 is 0. The summed E-state index contributed by atoms with van der Waals surface area (Å²) in [5, 5.41) is 9.85. The standard InChI is InChI=1S/C22H34N4O2.HI/c1-2-23-22(26-18-6-4-3-5-7-18)24-15-14-17-8-12-20(13-9-17)28-16-21(27)25-19-10-11-19;/h8-9,12-13,18-19H,2-7,10-11,14-16H2,1H3,(H,25,27)(H2,23,24,26);1H. The van der Waals surface area contributed by atoms with Gasteiger partial charge in [-0.25, -0.2) is 0 Å². The predicted octanol–water partition coefficient (Wildman–Crippen LogP) is 3.39. The SMILES string of the molecule is CCNC(=NCCc1ccc(OCC(=O)NC2CC2)cc1)NC1CCCCC1.I. The summed E-state index contributed by atoms with van der Waals surface area (Å²) in [5.74, 6) is 1.61. The first-order valence-corrected chi connectivity index (χ1v) is 10.8. The van der Waals surface area contributed by atoms with E-state index in [1.165, 1.54) is 37.7 Å². The molecule has 0 unspecified atom stereocenters. The van der Waals surface area contributed by atoms with Gasteiger partial charge >= 0.3 is 0 Å². The van der Waals surface area contributed by atoms with Crippen molar-refractivity contribution in [1.29, 1.82) is 0 Å². The molecule has 6 nitrogen and oxygen atoms in total. The largest absolute Gasteiger partial charge is 0.484 e. The fourth-order valence-electron chi connectivity index (χ4n) is 3.46. The molecule has 2 saturated carbocycles. The molecule has 0 aliphatic heterocycles. The maximum Gasteiger partial charge on any atom is 0.258 e. The second-order valence-corrected chi connectivity index (χ2v) is 7.76. The molecule has 3 rings (SSSR count). The van der Waals surface area contributed by atoms with Gasteiger partial charge in [-0.1, -0.05) is 31.4 Å². The van der Waals surface area contributed by atoms with Gasteiger partial charge in [-0.3, -0.25) is 9.79 Å². The van der Waals surface area contributed by atoms with Gasteiger partial charge in [-0.05, 0) is 56.7 Å². The fourth-order valence-corrected chi connectivity index (χ4v) is 3.46. The Morgan fingerprint density at radius 1 is 1.03 bits per heavy atom. The van der Waals surface area contributed by atoms with Crippen LogP contribution in [0.4, 0.5) is 0 Å². The lowest BCUT2D eigenvalue weighted by Gasteiger charge is -2.24. The summed E-state index contributed by atoms with van der Waals surface area (Å²) < 4.78 is 5.55. The molecule has 0 aromatic heterocycles. The molecule has 162 valence electrons. The second-order valence-electron chi connectivity index (χ2n) is 7.76. The van der Waals surface area contributed by atoms with Gasteiger partial charge in [0, 0.05) is 25.2 Å². The Kier molecular flexibility index (Phi) is 10.6. The lowest BCUT2D eigenvalue weighted by Crippen LogP contribution is -2.44. The molecule has 0 atom stereocenters. The molecule has 0 radical (unpaired) electrons. The number of carbonyl (C=O) groups excluding carboxylic acids is 1. The molecule has 3 N–H and O–H groups in total. The quantitative estimate of drug-likeness (QED) is 0.268. The van der Waals surface area contributed by atoms with E-state index in [0.717, 1.165) is 44.1 Å². The number of halogens is 1. The van der Waals surface area contributed by atoms with Crippen LogP contribution in [-0.4, -0.2) is 43.6 Å². The van der Waals surface area contributed by atoms with Crippen molar-refractivity contribution in [2.45, 2.75) is 70.4 Å². The summed E-state index contributed by atoms with van der Waals surface area (Å²) in [5.41, 5.74) is 1.21. The van der Waals surface area contributed by atoms with Crippen LogP contribution in [0.2, 0.25) is 0 Å². The van der Waals surface area contributed by atoms with Crippen molar-refractivity contribution < 1.29 is 9.53 Å². The number of rotatable bonds is 9. The Labute approximate surface area is 191 Å². The number of amides is 1. The van der Waals surface area contributed by atoms with Crippen molar-refractivity contribution in [2.75, 3.05) is 19.7 Å². The Morgan fingerprint density at radius 3 is 2.38 bits per heavy atom. The molecule has 0 spiro atoms. The number of hydrogen-bond acceptors (Lipinski definition) is 3. The first-order chi connectivity index (χ1) is 13.7. The number of carbonyl (C=O) groups is 1. The van der Waals surface area contributed by atoms with E-state index in [0.29, 0.717) is 12.1 Å². The van der Waals surface area contributed by atoms with Gasteiger partial charge in [-0.2, -0.15) is 0 Å². The van der Waals surface area contributed by atoms with Crippen molar-refractivity contribution in [2.24, 2.45) is 4.99 Å². The van der Waals surface area contributed by atoms with Crippen LogP contribution < -0.4 is 20.7 Å². The monoisotopic (exact) mass is 514 g/mol. The van der Waals surface area contributed by atoms with Gasteiger partial charge in [0.05, 0.1) is 0 Å².